The Hall–Kier alpha value is -1.48. The first-order chi connectivity index (χ1) is 7.82. The number of carbonyl (C=O) groups is 1. The zero-order chi connectivity index (χ0) is 13.1. The largest absolute Gasteiger partial charge is 0.362 e. The van der Waals surface area contributed by atoms with Gasteiger partial charge in [-0.15, -0.1) is 0 Å². The Morgan fingerprint density at radius 1 is 1.29 bits per heavy atom. The van der Waals surface area contributed by atoms with Gasteiger partial charge in [0.1, 0.15) is 0 Å². The molecule has 0 bridgehead atoms. The molecular weight excluding hydrogens is 236 g/mol. The van der Waals surface area contributed by atoms with Crippen LogP contribution in [0, 0.1) is 5.41 Å². The molecule has 1 amide bonds. The van der Waals surface area contributed by atoms with E-state index in [1.165, 1.54) is 0 Å². The molecular formula is C13H17ClN2O. The highest BCUT2D eigenvalue weighted by molar-refractivity contribution is 6.31. The number of hydrogen-bond acceptors (Lipinski definition) is 2. The molecule has 0 aromatic heterocycles. The Balaban J connectivity index is 2.91. The molecule has 0 spiro atoms. The summed E-state index contributed by atoms with van der Waals surface area (Å²) in [4.78, 5) is 11.8. The molecule has 17 heavy (non-hydrogen) atoms. The second-order valence-corrected chi connectivity index (χ2v) is 5.22. The van der Waals surface area contributed by atoms with Gasteiger partial charge in [-0.05, 0) is 24.4 Å². The second-order valence-electron chi connectivity index (χ2n) is 4.78. The summed E-state index contributed by atoms with van der Waals surface area (Å²) >= 11 is 5.96. The van der Waals surface area contributed by atoms with Gasteiger partial charge in [0, 0.05) is 21.8 Å². The van der Waals surface area contributed by atoms with Crippen LogP contribution in [0.1, 0.15) is 20.8 Å². The molecule has 1 rings (SSSR count). The van der Waals surface area contributed by atoms with Crippen molar-refractivity contribution in [3.63, 3.8) is 0 Å². The van der Waals surface area contributed by atoms with E-state index in [0.717, 1.165) is 5.69 Å². The molecule has 92 valence electrons. The predicted octanol–water partition coefficient (Wildman–Crippen LogP) is 3.88. The lowest BCUT2D eigenvalue weighted by Crippen LogP contribution is -2.27. The number of carbonyl (C=O) groups excluding carboxylic acids is 1. The van der Waals surface area contributed by atoms with Crippen molar-refractivity contribution < 1.29 is 4.79 Å². The Bertz CT molecular complexity index is 436. The molecule has 0 aliphatic carbocycles. The van der Waals surface area contributed by atoms with E-state index in [2.05, 4.69) is 17.2 Å². The SMILES string of the molecule is C=CNc1cc(Cl)cc(NC(=O)C(C)(C)C)c1. The Kier molecular flexibility index (Phi) is 4.18. The van der Waals surface area contributed by atoms with Crippen LogP contribution in [0.2, 0.25) is 5.02 Å². The van der Waals surface area contributed by atoms with E-state index in [1.807, 2.05) is 20.8 Å². The average Bonchev–Trinajstić information content (AvgIpc) is 2.15. The van der Waals surface area contributed by atoms with Crippen LogP contribution in [0.25, 0.3) is 0 Å². The van der Waals surface area contributed by atoms with Crippen LogP contribution in [-0.2, 0) is 4.79 Å². The third kappa shape index (κ3) is 4.11. The molecule has 4 heteroatoms. The van der Waals surface area contributed by atoms with Crippen molar-refractivity contribution in [3.05, 3.63) is 36.0 Å². The lowest BCUT2D eigenvalue weighted by Gasteiger charge is -2.18. The minimum absolute atomic E-state index is 0.0516. The average molecular weight is 253 g/mol. The van der Waals surface area contributed by atoms with E-state index in [9.17, 15) is 4.79 Å². The number of anilines is 2. The van der Waals surface area contributed by atoms with Crippen molar-refractivity contribution in [2.45, 2.75) is 20.8 Å². The summed E-state index contributed by atoms with van der Waals surface area (Å²) in [6.45, 7) is 9.14. The number of amides is 1. The third-order valence-electron chi connectivity index (χ3n) is 2.11. The van der Waals surface area contributed by atoms with Crippen LogP contribution in [0.15, 0.2) is 31.0 Å². The van der Waals surface area contributed by atoms with E-state index < -0.39 is 5.41 Å². The van der Waals surface area contributed by atoms with Crippen molar-refractivity contribution >= 4 is 28.9 Å². The first-order valence-electron chi connectivity index (χ1n) is 5.32. The molecule has 0 atom stereocenters. The molecule has 0 aliphatic heterocycles. The number of halogens is 1. The first-order valence-corrected chi connectivity index (χ1v) is 5.70. The summed E-state index contributed by atoms with van der Waals surface area (Å²) in [6, 6.07) is 5.27. The van der Waals surface area contributed by atoms with Gasteiger partial charge in [-0.25, -0.2) is 0 Å². The van der Waals surface area contributed by atoms with Gasteiger partial charge in [0.2, 0.25) is 5.91 Å². The Morgan fingerprint density at radius 3 is 2.41 bits per heavy atom. The van der Waals surface area contributed by atoms with Gasteiger partial charge in [-0.2, -0.15) is 0 Å². The van der Waals surface area contributed by atoms with Gasteiger partial charge < -0.3 is 10.6 Å². The predicted molar refractivity (Wildman–Crippen MR) is 73.4 cm³/mol. The first kappa shape index (κ1) is 13.6. The van der Waals surface area contributed by atoms with Gasteiger partial charge in [0.15, 0.2) is 0 Å². The highest BCUT2D eigenvalue weighted by Gasteiger charge is 2.21. The van der Waals surface area contributed by atoms with E-state index in [1.54, 1.807) is 24.4 Å². The van der Waals surface area contributed by atoms with Crippen molar-refractivity contribution in [2.24, 2.45) is 5.41 Å². The normalized spacial score (nSPS) is 10.8. The molecule has 0 aliphatic rings. The second kappa shape index (κ2) is 5.23. The fourth-order valence-electron chi connectivity index (χ4n) is 1.18. The van der Waals surface area contributed by atoms with Crippen LogP contribution in [0.3, 0.4) is 0 Å². The lowest BCUT2D eigenvalue weighted by atomic mass is 9.95. The summed E-state index contributed by atoms with van der Waals surface area (Å²) in [6.07, 6.45) is 1.56. The third-order valence-corrected chi connectivity index (χ3v) is 2.32. The van der Waals surface area contributed by atoms with E-state index in [-0.39, 0.29) is 5.91 Å². The van der Waals surface area contributed by atoms with Crippen LogP contribution in [0.4, 0.5) is 11.4 Å². The van der Waals surface area contributed by atoms with Gasteiger partial charge in [0.25, 0.3) is 0 Å². The standard InChI is InChI=1S/C13H17ClN2O/c1-5-15-10-6-9(14)7-11(8-10)16-12(17)13(2,3)4/h5-8,15H,1H2,2-4H3,(H,16,17). The minimum atomic E-state index is -0.436. The topological polar surface area (TPSA) is 41.1 Å². The molecule has 0 fully saturated rings. The zero-order valence-electron chi connectivity index (χ0n) is 10.3. The molecule has 0 heterocycles. The van der Waals surface area contributed by atoms with E-state index in [4.69, 9.17) is 11.6 Å². The molecule has 3 nitrogen and oxygen atoms in total. The summed E-state index contributed by atoms with van der Waals surface area (Å²) in [7, 11) is 0. The van der Waals surface area contributed by atoms with Gasteiger partial charge in [-0.1, -0.05) is 39.0 Å². The van der Waals surface area contributed by atoms with Gasteiger partial charge >= 0.3 is 0 Å². The van der Waals surface area contributed by atoms with E-state index >= 15 is 0 Å². The summed E-state index contributed by atoms with van der Waals surface area (Å²) in [5.41, 5.74) is 1.02. The fraction of sp³-hybridized carbons (Fsp3) is 0.308. The van der Waals surface area contributed by atoms with Crippen molar-refractivity contribution in [3.8, 4) is 0 Å². The minimum Gasteiger partial charge on any atom is -0.362 e. The van der Waals surface area contributed by atoms with E-state index in [0.29, 0.717) is 10.7 Å². The van der Waals surface area contributed by atoms with Crippen molar-refractivity contribution in [2.75, 3.05) is 10.6 Å². The number of nitrogens with one attached hydrogen (secondary N) is 2. The molecule has 1 aromatic rings. The monoisotopic (exact) mass is 252 g/mol. The smallest absolute Gasteiger partial charge is 0.229 e. The van der Waals surface area contributed by atoms with Crippen molar-refractivity contribution in [1.82, 2.24) is 0 Å². The molecule has 0 saturated heterocycles. The van der Waals surface area contributed by atoms with Gasteiger partial charge in [-0.3, -0.25) is 4.79 Å². The molecule has 1 aromatic carbocycles. The van der Waals surface area contributed by atoms with Crippen molar-refractivity contribution in [1.29, 1.82) is 0 Å². The summed E-state index contributed by atoms with van der Waals surface area (Å²) < 4.78 is 0. The fourth-order valence-corrected chi connectivity index (χ4v) is 1.42. The number of hydrogen-bond donors (Lipinski definition) is 2. The summed E-state index contributed by atoms with van der Waals surface area (Å²) in [5.74, 6) is -0.0516. The summed E-state index contributed by atoms with van der Waals surface area (Å²) in [5, 5.41) is 6.31. The molecule has 0 unspecified atom stereocenters. The highest BCUT2D eigenvalue weighted by Crippen LogP contribution is 2.24. The highest BCUT2D eigenvalue weighted by atomic mass is 35.5. The maximum absolute atomic E-state index is 11.8. The van der Waals surface area contributed by atoms with Crippen LogP contribution >= 0.6 is 11.6 Å². The number of benzene rings is 1. The quantitative estimate of drug-likeness (QED) is 0.857. The van der Waals surface area contributed by atoms with Crippen LogP contribution < -0.4 is 10.6 Å². The Morgan fingerprint density at radius 2 is 1.88 bits per heavy atom. The van der Waals surface area contributed by atoms with Crippen LogP contribution in [0.5, 0.6) is 0 Å². The lowest BCUT2D eigenvalue weighted by molar-refractivity contribution is -0.123. The van der Waals surface area contributed by atoms with Gasteiger partial charge in [0.05, 0.1) is 0 Å². The maximum Gasteiger partial charge on any atom is 0.229 e. The Labute approximate surface area is 107 Å². The molecule has 2 N–H and O–H groups in total. The van der Waals surface area contributed by atoms with Crippen LogP contribution in [-0.4, -0.2) is 5.91 Å². The maximum atomic E-state index is 11.8. The molecule has 0 radical (unpaired) electrons. The molecule has 0 saturated carbocycles. The zero-order valence-corrected chi connectivity index (χ0v) is 11.1. The number of rotatable bonds is 3.